The summed E-state index contributed by atoms with van der Waals surface area (Å²) in [4.78, 5) is 0. The zero-order valence-electron chi connectivity index (χ0n) is 10.4. The van der Waals surface area contributed by atoms with E-state index in [1.165, 1.54) is 9.13 Å². The van der Waals surface area contributed by atoms with Gasteiger partial charge in [0.2, 0.25) is 0 Å². The molecule has 2 nitrogen and oxygen atoms in total. The molecule has 0 bridgehead atoms. The molecule has 0 spiro atoms. The zero-order valence-corrected chi connectivity index (χ0v) is 12.5. The van der Waals surface area contributed by atoms with Crippen LogP contribution in [0, 0.1) is 3.57 Å². The van der Waals surface area contributed by atoms with Crippen molar-refractivity contribution in [3.63, 3.8) is 0 Å². The van der Waals surface area contributed by atoms with Crippen molar-refractivity contribution in [1.82, 2.24) is 0 Å². The zero-order chi connectivity index (χ0) is 12.3. The van der Waals surface area contributed by atoms with Crippen LogP contribution in [0.2, 0.25) is 0 Å². The Morgan fingerprint density at radius 1 is 1.18 bits per heavy atom. The minimum absolute atomic E-state index is 0.320. The molecule has 1 heterocycles. The lowest BCUT2D eigenvalue weighted by molar-refractivity contribution is -0.106. The molecule has 1 aromatic rings. The van der Waals surface area contributed by atoms with E-state index in [0.717, 1.165) is 12.8 Å². The highest BCUT2D eigenvalue weighted by molar-refractivity contribution is 14.1. The fourth-order valence-corrected chi connectivity index (χ4v) is 2.63. The van der Waals surface area contributed by atoms with Gasteiger partial charge in [0.1, 0.15) is 0 Å². The van der Waals surface area contributed by atoms with Crippen LogP contribution in [0.1, 0.15) is 32.3 Å². The lowest BCUT2D eigenvalue weighted by atomic mass is 10.0. The second-order valence-electron chi connectivity index (χ2n) is 4.79. The molecule has 0 N–H and O–H groups in total. The van der Waals surface area contributed by atoms with Crippen molar-refractivity contribution in [2.24, 2.45) is 0 Å². The highest BCUT2D eigenvalue weighted by Crippen LogP contribution is 2.22. The van der Waals surface area contributed by atoms with Crippen molar-refractivity contribution in [3.05, 3.63) is 33.4 Å². The predicted molar refractivity (Wildman–Crippen MR) is 77.0 cm³/mol. The summed E-state index contributed by atoms with van der Waals surface area (Å²) in [6.45, 7) is 4.95. The van der Waals surface area contributed by atoms with Gasteiger partial charge in [-0.05, 0) is 67.0 Å². The Hall–Kier alpha value is -0.130. The van der Waals surface area contributed by atoms with Crippen LogP contribution in [0.4, 0.5) is 0 Å². The SMILES string of the molecule is CC1CC(OCc2ccc(I)cc2)CC(C)O1. The minimum atomic E-state index is 0.320. The second kappa shape index (κ2) is 6.16. The van der Waals surface area contributed by atoms with E-state index in [1.807, 2.05) is 0 Å². The van der Waals surface area contributed by atoms with E-state index in [9.17, 15) is 0 Å². The molecule has 0 saturated carbocycles. The Balaban J connectivity index is 1.83. The van der Waals surface area contributed by atoms with E-state index in [4.69, 9.17) is 9.47 Å². The van der Waals surface area contributed by atoms with Crippen LogP contribution in [0.15, 0.2) is 24.3 Å². The number of hydrogen-bond acceptors (Lipinski definition) is 2. The highest BCUT2D eigenvalue weighted by Gasteiger charge is 2.24. The molecule has 0 aromatic heterocycles. The van der Waals surface area contributed by atoms with E-state index >= 15 is 0 Å². The topological polar surface area (TPSA) is 18.5 Å². The third-order valence-electron chi connectivity index (χ3n) is 3.05. The van der Waals surface area contributed by atoms with Gasteiger partial charge in [-0.1, -0.05) is 12.1 Å². The van der Waals surface area contributed by atoms with Gasteiger partial charge in [-0.2, -0.15) is 0 Å². The molecule has 17 heavy (non-hydrogen) atoms. The maximum Gasteiger partial charge on any atom is 0.0720 e. The van der Waals surface area contributed by atoms with Crippen LogP contribution >= 0.6 is 22.6 Å². The second-order valence-corrected chi connectivity index (χ2v) is 6.03. The van der Waals surface area contributed by atoms with Gasteiger partial charge >= 0.3 is 0 Å². The van der Waals surface area contributed by atoms with Crippen LogP contribution in [-0.2, 0) is 16.1 Å². The fraction of sp³-hybridized carbons (Fsp3) is 0.571. The van der Waals surface area contributed by atoms with Crippen molar-refractivity contribution in [2.75, 3.05) is 0 Å². The van der Waals surface area contributed by atoms with Gasteiger partial charge in [0.15, 0.2) is 0 Å². The molecular weight excluding hydrogens is 327 g/mol. The summed E-state index contributed by atoms with van der Waals surface area (Å²) in [6, 6.07) is 8.50. The van der Waals surface area contributed by atoms with Crippen LogP contribution in [0.3, 0.4) is 0 Å². The Labute approximate surface area is 117 Å². The summed E-state index contributed by atoms with van der Waals surface area (Å²) in [5.41, 5.74) is 1.25. The Bertz CT molecular complexity index is 340. The Morgan fingerprint density at radius 3 is 2.35 bits per heavy atom. The van der Waals surface area contributed by atoms with Crippen molar-refractivity contribution in [1.29, 1.82) is 0 Å². The monoisotopic (exact) mass is 346 g/mol. The molecule has 0 amide bonds. The molecule has 94 valence electrons. The Morgan fingerprint density at radius 2 is 1.76 bits per heavy atom. The molecule has 2 unspecified atom stereocenters. The van der Waals surface area contributed by atoms with E-state index in [1.54, 1.807) is 0 Å². The summed E-state index contributed by atoms with van der Waals surface area (Å²) in [6.07, 6.45) is 3.00. The maximum absolute atomic E-state index is 5.97. The molecule has 1 fully saturated rings. The van der Waals surface area contributed by atoms with E-state index in [0.29, 0.717) is 24.9 Å². The van der Waals surface area contributed by atoms with E-state index in [-0.39, 0.29) is 0 Å². The van der Waals surface area contributed by atoms with Crippen molar-refractivity contribution < 1.29 is 9.47 Å². The molecule has 1 saturated heterocycles. The van der Waals surface area contributed by atoms with Gasteiger partial charge < -0.3 is 9.47 Å². The largest absolute Gasteiger partial charge is 0.375 e. The molecule has 0 radical (unpaired) electrons. The third-order valence-corrected chi connectivity index (χ3v) is 3.77. The predicted octanol–water partition coefficient (Wildman–Crippen LogP) is 3.76. The number of halogens is 1. The summed E-state index contributed by atoms with van der Waals surface area (Å²) in [5, 5.41) is 0. The normalized spacial score (nSPS) is 29.2. The standard InChI is InChI=1S/C14H19IO2/c1-10-7-14(8-11(2)17-10)16-9-12-3-5-13(15)6-4-12/h3-6,10-11,14H,7-9H2,1-2H3. The third kappa shape index (κ3) is 4.23. The van der Waals surface area contributed by atoms with Gasteiger partial charge in [0.25, 0.3) is 0 Å². The van der Waals surface area contributed by atoms with E-state index in [2.05, 4.69) is 60.7 Å². The van der Waals surface area contributed by atoms with Crippen LogP contribution in [0.25, 0.3) is 0 Å². The summed E-state index contributed by atoms with van der Waals surface area (Å²) in [5.74, 6) is 0. The van der Waals surface area contributed by atoms with Crippen LogP contribution in [-0.4, -0.2) is 18.3 Å². The summed E-state index contributed by atoms with van der Waals surface area (Å²) < 4.78 is 12.9. The molecule has 1 aromatic carbocycles. The number of rotatable bonds is 3. The lowest BCUT2D eigenvalue weighted by Gasteiger charge is -2.32. The van der Waals surface area contributed by atoms with Gasteiger partial charge in [0.05, 0.1) is 24.9 Å². The minimum Gasteiger partial charge on any atom is -0.375 e. The van der Waals surface area contributed by atoms with Crippen LogP contribution < -0.4 is 0 Å². The molecule has 3 heteroatoms. The first-order valence-electron chi connectivity index (χ1n) is 6.15. The average Bonchev–Trinajstić information content (AvgIpc) is 2.27. The van der Waals surface area contributed by atoms with Crippen molar-refractivity contribution in [3.8, 4) is 0 Å². The summed E-state index contributed by atoms with van der Waals surface area (Å²) in [7, 11) is 0. The van der Waals surface area contributed by atoms with Crippen LogP contribution in [0.5, 0.6) is 0 Å². The summed E-state index contributed by atoms with van der Waals surface area (Å²) >= 11 is 2.32. The highest BCUT2D eigenvalue weighted by atomic mass is 127. The maximum atomic E-state index is 5.97. The quantitative estimate of drug-likeness (QED) is 0.776. The molecule has 2 rings (SSSR count). The number of ether oxygens (including phenoxy) is 2. The molecular formula is C14H19IO2. The molecule has 0 aliphatic carbocycles. The first-order chi connectivity index (χ1) is 8.13. The van der Waals surface area contributed by atoms with Crippen molar-refractivity contribution >= 4 is 22.6 Å². The number of benzene rings is 1. The van der Waals surface area contributed by atoms with Gasteiger partial charge in [-0.15, -0.1) is 0 Å². The van der Waals surface area contributed by atoms with Gasteiger partial charge in [-0.3, -0.25) is 0 Å². The fourth-order valence-electron chi connectivity index (χ4n) is 2.28. The smallest absolute Gasteiger partial charge is 0.0720 e. The lowest BCUT2D eigenvalue weighted by Crippen LogP contribution is -2.33. The molecule has 2 atom stereocenters. The van der Waals surface area contributed by atoms with Gasteiger partial charge in [0, 0.05) is 3.57 Å². The first-order valence-corrected chi connectivity index (χ1v) is 7.23. The Kier molecular flexibility index (Phi) is 4.82. The average molecular weight is 346 g/mol. The van der Waals surface area contributed by atoms with E-state index < -0.39 is 0 Å². The molecule has 1 aliphatic heterocycles. The van der Waals surface area contributed by atoms with Gasteiger partial charge in [-0.25, -0.2) is 0 Å². The van der Waals surface area contributed by atoms with Crippen molar-refractivity contribution in [2.45, 2.75) is 51.6 Å². The first kappa shape index (κ1) is 13.3. The molecule has 1 aliphatic rings. The number of hydrogen-bond donors (Lipinski definition) is 0.